The number of hydrogen-bond acceptors (Lipinski definition) is 7. The summed E-state index contributed by atoms with van der Waals surface area (Å²) in [5.41, 5.74) is 2.37. The first-order valence-corrected chi connectivity index (χ1v) is 12.0. The number of para-hydroxylation sites is 1. The number of aromatic nitrogens is 1. The molecule has 1 aromatic heterocycles. The summed E-state index contributed by atoms with van der Waals surface area (Å²) in [5, 5.41) is 8.28. The molecule has 0 bridgehead atoms. The first kappa shape index (κ1) is 23.7. The topological polar surface area (TPSA) is 92.8 Å². The summed E-state index contributed by atoms with van der Waals surface area (Å²) in [6.07, 6.45) is 1.45. The van der Waals surface area contributed by atoms with Gasteiger partial charge in [0.15, 0.2) is 5.13 Å². The Morgan fingerprint density at radius 1 is 1.06 bits per heavy atom. The number of nitrogens with zero attached hydrogens (tertiary/aromatic N) is 2. The van der Waals surface area contributed by atoms with E-state index in [9.17, 15) is 9.59 Å². The van der Waals surface area contributed by atoms with Crippen molar-refractivity contribution in [1.29, 1.82) is 0 Å². The van der Waals surface area contributed by atoms with Crippen LogP contribution in [0.3, 0.4) is 0 Å². The summed E-state index contributed by atoms with van der Waals surface area (Å²) in [6.45, 7) is 1.67. The Morgan fingerprint density at radius 2 is 1.82 bits per heavy atom. The van der Waals surface area contributed by atoms with E-state index in [0.29, 0.717) is 29.7 Å². The quantitative estimate of drug-likeness (QED) is 0.504. The number of rotatable bonds is 8. The minimum Gasteiger partial charge on any atom is -0.497 e. The van der Waals surface area contributed by atoms with Crippen molar-refractivity contribution in [2.75, 3.05) is 44.5 Å². The second-order valence-corrected chi connectivity index (χ2v) is 8.92. The number of hydrogen-bond donors (Lipinski definition) is 2. The van der Waals surface area contributed by atoms with Gasteiger partial charge in [-0.2, -0.15) is 0 Å². The van der Waals surface area contributed by atoms with Crippen molar-refractivity contribution in [2.45, 2.75) is 12.8 Å². The average Bonchev–Trinajstić information content (AvgIpc) is 3.32. The molecule has 4 rings (SSSR count). The van der Waals surface area contributed by atoms with E-state index in [1.165, 1.54) is 11.3 Å². The third-order valence-corrected chi connectivity index (χ3v) is 6.56. The van der Waals surface area contributed by atoms with Gasteiger partial charge in [-0.25, -0.2) is 4.98 Å². The zero-order valence-corrected chi connectivity index (χ0v) is 20.1. The van der Waals surface area contributed by atoms with Crippen LogP contribution in [0, 0.1) is 5.92 Å². The number of methoxy groups -OCH3 is 2. The number of carbonyl (C=O) groups excluding carboxylic acids is 2. The number of anilines is 2. The molecule has 3 aromatic rings. The van der Waals surface area contributed by atoms with E-state index in [0.717, 1.165) is 29.8 Å². The number of carbonyl (C=O) groups is 2. The Hall–Kier alpha value is -3.43. The maximum absolute atomic E-state index is 12.6. The van der Waals surface area contributed by atoms with Crippen LogP contribution >= 0.6 is 11.3 Å². The smallest absolute Gasteiger partial charge is 0.240 e. The molecule has 2 amide bonds. The predicted molar refractivity (Wildman–Crippen MR) is 134 cm³/mol. The van der Waals surface area contributed by atoms with Gasteiger partial charge in [0.25, 0.3) is 0 Å². The molecule has 9 heteroatoms. The molecule has 1 aliphatic heterocycles. The van der Waals surface area contributed by atoms with Gasteiger partial charge in [0.05, 0.1) is 26.5 Å². The molecule has 8 nitrogen and oxygen atoms in total. The van der Waals surface area contributed by atoms with Crippen LogP contribution in [0.4, 0.5) is 10.8 Å². The molecule has 2 N–H and O–H groups in total. The van der Waals surface area contributed by atoms with Gasteiger partial charge in [0, 0.05) is 28.6 Å². The number of amides is 2. The Labute approximate surface area is 202 Å². The molecular weight excluding hydrogens is 452 g/mol. The van der Waals surface area contributed by atoms with Crippen LogP contribution in [0.2, 0.25) is 0 Å². The normalized spacial score (nSPS) is 14.4. The minimum atomic E-state index is -0.116. The lowest BCUT2D eigenvalue weighted by atomic mass is 9.96. The highest BCUT2D eigenvalue weighted by Crippen LogP contribution is 2.34. The fraction of sp³-hybridized carbons (Fsp3) is 0.320. The Morgan fingerprint density at radius 3 is 2.53 bits per heavy atom. The second-order valence-electron chi connectivity index (χ2n) is 8.06. The van der Waals surface area contributed by atoms with E-state index >= 15 is 0 Å². The van der Waals surface area contributed by atoms with E-state index in [1.807, 2.05) is 47.8 Å². The van der Waals surface area contributed by atoms with E-state index in [4.69, 9.17) is 9.47 Å². The van der Waals surface area contributed by atoms with Gasteiger partial charge in [-0.3, -0.25) is 14.5 Å². The molecule has 1 saturated heterocycles. The third-order valence-electron chi connectivity index (χ3n) is 5.80. The van der Waals surface area contributed by atoms with Crippen molar-refractivity contribution in [1.82, 2.24) is 9.88 Å². The largest absolute Gasteiger partial charge is 0.497 e. The molecule has 0 radical (unpaired) electrons. The summed E-state index contributed by atoms with van der Waals surface area (Å²) in [5.74, 6) is 1.24. The zero-order valence-electron chi connectivity index (χ0n) is 19.2. The summed E-state index contributed by atoms with van der Waals surface area (Å²) in [7, 11) is 3.20. The van der Waals surface area contributed by atoms with Crippen LogP contribution in [0.15, 0.2) is 53.9 Å². The SMILES string of the molecule is COc1ccc(-c2csc(NC(=O)CN3CCC(C(=O)Nc4ccccc4)CC3)n2)c(OC)c1. The molecule has 2 heterocycles. The maximum Gasteiger partial charge on any atom is 0.240 e. The predicted octanol–water partition coefficient (Wildman–Crippen LogP) is 4.12. The first-order valence-electron chi connectivity index (χ1n) is 11.1. The zero-order chi connectivity index (χ0) is 23.9. The number of benzene rings is 2. The van der Waals surface area contributed by atoms with Gasteiger partial charge >= 0.3 is 0 Å². The fourth-order valence-electron chi connectivity index (χ4n) is 3.95. The number of nitrogens with one attached hydrogen (secondary N) is 2. The molecule has 0 aliphatic carbocycles. The maximum atomic E-state index is 12.6. The lowest BCUT2D eigenvalue weighted by molar-refractivity contribution is -0.121. The minimum absolute atomic E-state index is 0.0412. The molecule has 0 saturated carbocycles. The molecule has 178 valence electrons. The number of ether oxygens (including phenoxy) is 2. The third kappa shape index (κ3) is 5.92. The van der Waals surface area contributed by atoms with Crippen molar-refractivity contribution < 1.29 is 19.1 Å². The van der Waals surface area contributed by atoms with E-state index in [1.54, 1.807) is 20.3 Å². The molecular formula is C25H28N4O4S. The first-order chi connectivity index (χ1) is 16.6. The van der Waals surface area contributed by atoms with Crippen molar-refractivity contribution >= 4 is 34.0 Å². The van der Waals surface area contributed by atoms with Crippen LogP contribution in [-0.2, 0) is 9.59 Å². The highest BCUT2D eigenvalue weighted by Gasteiger charge is 2.26. The van der Waals surface area contributed by atoms with Crippen LogP contribution in [0.5, 0.6) is 11.5 Å². The van der Waals surface area contributed by atoms with Gasteiger partial charge in [0.1, 0.15) is 11.5 Å². The van der Waals surface area contributed by atoms with Crippen LogP contribution < -0.4 is 20.1 Å². The highest BCUT2D eigenvalue weighted by atomic mass is 32.1. The lowest BCUT2D eigenvalue weighted by Crippen LogP contribution is -2.41. The second kappa shape index (κ2) is 11.1. The lowest BCUT2D eigenvalue weighted by Gasteiger charge is -2.30. The van der Waals surface area contributed by atoms with Crippen molar-refractivity contribution in [3.63, 3.8) is 0 Å². The van der Waals surface area contributed by atoms with Crippen LogP contribution in [-0.4, -0.2) is 55.6 Å². The average molecular weight is 481 g/mol. The molecule has 0 spiro atoms. The molecule has 1 fully saturated rings. The van der Waals surface area contributed by atoms with Gasteiger partial charge in [-0.05, 0) is 50.2 Å². The van der Waals surface area contributed by atoms with Crippen molar-refractivity contribution in [3.8, 4) is 22.8 Å². The summed E-state index contributed by atoms with van der Waals surface area (Å²) < 4.78 is 10.7. The summed E-state index contributed by atoms with van der Waals surface area (Å²) >= 11 is 1.37. The molecule has 1 aliphatic rings. The molecule has 2 aromatic carbocycles. The van der Waals surface area contributed by atoms with Gasteiger partial charge in [-0.15, -0.1) is 11.3 Å². The Kier molecular flexibility index (Phi) is 7.76. The number of likely N-dealkylation sites (tertiary alicyclic amines) is 1. The number of piperidine rings is 1. The monoisotopic (exact) mass is 480 g/mol. The van der Waals surface area contributed by atoms with Crippen LogP contribution in [0.1, 0.15) is 12.8 Å². The standard InChI is InChI=1S/C25H28N4O4S/c1-32-19-8-9-20(22(14-19)33-2)21-16-34-25(27-21)28-23(30)15-29-12-10-17(11-13-29)24(31)26-18-6-4-3-5-7-18/h3-9,14,16-17H,10-13,15H2,1-2H3,(H,26,31)(H,27,28,30). The van der Waals surface area contributed by atoms with Crippen molar-refractivity contribution in [2.24, 2.45) is 5.92 Å². The van der Waals surface area contributed by atoms with Gasteiger partial charge < -0.3 is 20.1 Å². The van der Waals surface area contributed by atoms with Crippen molar-refractivity contribution in [3.05, 3.63) is 53.9 Å². The van der Waals surface area contributed by atoms with Crippen LogP contribution in [0.25, 0.3) is 11.3 Å². The van der Waals surface area contributed by atoms with E-state index in [-0.39, 0.29) is 24.3 Å². The van der Waals surface area contributed by atoms with E-state index < -0.39 is 0 Å². The number of thiazole rings is 1. The molecule has 34 heavy (non-hydrogen) atoms. The van der Waals surface area contributed by atoms with E-state index in [2.05, 4.69) is 20.5 Å². The Balaban J connectivity index is 1.27. The highest BCUT2D eigenvalue weighted by molar-refractivity contribution is 7.14. The summed E-state index contributed by atoms with van der Waals surface area (Å²) in [4.78, 5) is 31.7. The molecule has 0 unspecified atom stereocenters. The summed E-state index contributed by atoms with van der Waals surface area (Å²) in [6, 6.07) is 15.0. The molecule has 0 atom stereocenters. The fourth-order valence-corrected chi connectivity index (χ4v) is 4.67. The van der Waals surface area contributed by atoms with Gasteiger partial charge in [0.2, 0.25) is 11.8 Å². The van der Waals surface area contributed by atoms with Gasteiger partial charge in [-0.1, -0.05) is 18.2 Å². The Bertz CT molecular complexity index is 1130.